The molecule has 0 saturated heterocycles. The third-order valence-electron chi connectivity index (χ3n) is 2.64. The van der Waals surface area contributed by atoms with Crippen LogP contribution in [0.25, 0.3) is 0 Å². The van der Waals surface area contributed by atoms with Crippen molar-refractivity contribution in [3.63, 3.8) is 0 Å². The van der Waals surface area contributed by atoms with Crippen molar-refractivity contribution in [1.29, 1.82) is 0 Å². The molecule has 2 aromatic rings. The fourth-order valence-corrected chi connectivity index (χ4v) is 1.70. The minimum Gasteiger partial charge on any atom is -0.504 e. The van der Waals surface area contributed by atoms with Crippen LogP contribution < -0.4 is 4.74 Å². The normalized spacial score (nSPS) is 10.0. The summed E-state index contributed by atoms with van der Waals surface area (Å²) in [6, 6.07) is 15.2. The van der Waals surface area contributed by atoms with Crippen LogP contribution in [0.5, 0.6) is 11.5 Å². The molecule has 0 spiro atoms. The second kappa shape index (κ2) is 5.92. The maximum absolute atomic E-state index is 9.73. The number of allylic oxidation sites excluding steroid dienone is 1. The van der Waals surface area contributed by atoms with Crippen LogP contribution in [0.3, 0.4) is 0 Å². The van der Waals surface area contributed by atoms with Crippen molar-refractivity contribution in [1.82, 2.24) is 0 Å². The number of rotatable bonds is 5. The number of hydrogen-bond donors (Lipinski definition) is 1. The lowest BCUT2D eigenvalue weighted by Gasteiger charge is -2.09. The van der Waals surface area contributed by atoms with Crippen molar-refractivity contribution in [3.05, 3.63) is 72.3 Å². The zero-order valence-electron chi connectivity index (χ0n) is 10.2. The van der Waals surface area contributed by atoms with Gasteiger partial charge in [0.15, 0.2) is 11.5 Å². The van der Waals surface area contributed by atoms with Gasteiger partial charge in [0, 0.05) is 0 Å². The lowest BCUT2D eigenvalue weighted by Crippen LogP contribution is -1.96. The summed E-state index contributed by atoms with van der Waals surface area (Å²) in [7, 11) is 0. The van der Waals surface area contributed by atoms with E-state index in [-0.39, 0.29) is 5.75 Å². The number of phenolic OH excluding ortho intramolecular Hbond substituents is 1. The summed E-state index contributed by atoms with van der Waals surface area (Å²) < 4.78 is 5.63. The van der Waals surface area contributed by atoms with Gasteiger partial charge in [0.2, 0.25) is 0 Å². The highest BCUT2D eigenvalue weighted by molar-refractivity contribution is 5.42. The molecule has 1 N–H and O–H groups in total. The fourth-order valence-electron chi connectivity index (χ4n) is 1.70. The highest BCUT2D eigenvalue weighted by atomic mass is 16.5. The highest BCUT2D eigenvalue weighted by Crippen LogP contribution is 2.27. The Balaban J connectivity index is 2.08. The van der Waals surface area contributed by atoms with Crippen molar-refractivity contribution < 1.29 is 9.84 Å². The first-order chi connectivity index (χ1) is 8.79. The molecule has 2 aromatic carbocycles. The Morgan fingerprint density at radius 3 is 2.56 bits per heavy atom. The summed E-state index contributed by atoms with van der Waals surface area (Å²) in [4.78, 5) is 0. The van der Waals surface area contributed by atoms with Gasteiger partial charge in [0.05, 0.1) is 0 Å². The Bertz CT molecular complexity index is 518. The van der Waals surface area contributed by atoms with Gasteiger partial charge in [-0.15, -0.1) is 6.58 Å². The minimum atomic E-state index is 0.166. The van der Waals surface area contributed by atoms with Crippen molar-refractivity contribution >= 4 is 0 Å². The van der Waals surface area contributed by atoms with Crippen LogP contribution in [0, 0.1) is 0 Å². The smallest absolute Gasteiger partial charge is 0.161 e. The van der Waals surface area contributed by atoms with E-state index in [1.165, 1.54) is 0 Å². The van der Waals surface area contributed by atoms with E-state index in [4.69, 9.17) is 4.74 Å². The van der Waals surface area contributed by atoms with Gasteiger partial charge in [-0.25, -0.2) is 0 Å². The van der Waals surface area contributed by atoms with Crippen LogP contribution in [-0.4, -0.2) is 5.11 Å². The topological polar surface area (TPSA) is 29.5 Å². The molecule has 2 nitrogen and oxygen atoms in total. The second-order valence-electron chi connectivity index (χ2n) is 4.07. The van der Waals surface area contributed by atoms with Gasteiger partial charge in [0.25, 0.3) is 0 Å². The Kier molecular flexibility index (Phi) is 4.02. The van der Waals surface area contributed by atoms with Crippen LogP contribution in [0.1, 0.15) is 11.1 Å². The molecule has 0 amide bonds. The van der Waals surface area contributed by atoms with E-state index >= 15 is 0 Å². The average molecular weight is 240 g/mol. The van der Waals surface area contributed by atoms with Crippen LogP contribution >= 0.6 is 0 Å². The third-order valence-corrected chi connectivity index (χ3v) is 2.64. The van der Waals surface area contributed by atoms with E-state index in [0.717, 1.165) is 17.5 Å². The van der Waals surface area contributed by atoms with Crippen molar-refractivity contribution in [3.8, 4) is 11.5 Å². The molecule has 92 valence electrons. The largest absolute Gasteiger partial charge is 0.504 e. The van der Waals surface area contributed by atoms with Crippen molar-refractivity contribution in [2.24, 2.45) is 0 Å². The summed E-state index contributed by atoms with van der Waals surface area (Å²) in [6.07, 6.45) is 2.59. The van der Waals surface area contributed by atoms with E-state index in [2.05, 4.69) is 6.58 Å². The molecule has 0 saturated carbocycles. The molecule has 2 rings (SSSR count). The second-order valence-corrected chi connectivity index (χ2v) is 4.07. The Hall–Kier alpha value is -2.22. The first kappa shape index (κ1) is 12.2. The molecular weight excluding hydrogens is 224 g/mol. The van der Waals surface area contributed by atoms with Crippen LogP contribution in [0.2, 0.25) is 0 Å². The lowest BCUT2D eigenvalue weighted by molar-refractivity contribution is 0.289. The average Bonchev–Trinajstić information content (AvgIpc) is 2.41. The monoisotopic (exact) mass is 240 g/mol. The zero-order chi connectivity index (χ0) is 12.8. The summed E-state index contributed by atoms with van der Waals surface area (Å²) in [5.41, 5.74) is 2.15. The van der Waals surface area contributed by atoms with Gasteiger partial charge < -0.3 is 9.84 Å². The first-order valence-electron chi connectivity index (χ1n) is 5.89. The van der Waals surface area contributed by atoms with Gasteiger partial charge in [-0.1, -0.05) is 42.5 Å². The molecule has 0 aliphatic rings. The Morgan fingerprint density at radius 2 is 1.83 bits per heavy atom. The molecule has 0 aliphatic carbocycles. The van der Waals surface area contributed by atoms with Gasteiger partial charge in [0.1, 0.15) is 6.61 Å². The summed E-state index contributed by atoms with van der Waals surface area (Å²) in [5, 5.41) is 9.73. The van der Waals surface area contributed by atoms with Gasteiger partial charge in [-0.2, -0.15) is 0 Å². The molecule has 18 heavy (non-hydrogen) atoms. The number of aromatic hydroxyl groups is 1. The van der Waals surface area contributed by atoms with Crippen LogP contribution in [-0.2, 0) is 13.0 Å². The lowest BCUT2D eigenvalue weighted by atomic mass is 10.1. The Morgan fingerprint density at radius 1 is 1.06 bits per heavy atom. The molecule has 0 radical (unpaired) electrons. The molecule has 0 aliphatic heterocycles. The van der Waals surface area contributed by atoms with Crippen molar-refractivity contribution in [2.45, 2.75) is 13.0 Å². The maximum atomic E-state index is 9.73. The minimum absolute atomic E-state index is 0.166. The highest BCUT2D eigenvalue weighted by Gasteiger charge is 2.03. The maximum Gasteiger partial charge on any atom is 0.161 e. The van der Waals surface area contributed by atoms with E-state index in [9.17, 15) is 5.11 Å². The number of ether oxygens (including phenoxy) is 1. The molecular formula is C16H16O2. The molecule has 0 bridgehead atoms. The summed E-state index contributed by atoms with van der Waals surface area (Å²) >= 11 is 0. The molecule has 0 atom stereocenters. The standard InChI is InChI=1S/C16H16O2/c1-2-6-13-9-10-15(17)16(11-13)18-12-14-7-4-3-5-8-14/h2-5,7-11,17H,1,6,12H2. The molecule has 2 heteroatoms. The number of phenols is 1. The van der Waals surface area contributed by atoms with Gasteiger partial charge in [-0.3, -0.25) is 0 Å². The molecule has 0 fully saturated rings. The van der Waals surface area contributed by atoms with E-state index in [1.807, 2.05) is 48.5 Å². The van der Waals surface area contributed by atoms with Gasteiger partial charge in [-0.05, 0) is 29.7 Å². The van der Waals surface area contributed by atoms with Crippen molar-refractivity contribution in [2.75, 3.05) is 0 Å². The van der Waals surface area contributed by atoms with E-state index in [1.54, 1.807) is 6.07 Å². The summed E-state index contributed by atoms with van der Waals surface area (Å²) in [5.74, 6) is 0.678. The van der Waals surface area contributed by atoms with E-state index in [0.29, 0.717) is 12.4 Å². The molecule has 0 aromatic heterocycles. The predicted octanol–water partition coefficient (Wildman–Crippen LogP) is 3.70. The predicted molar refractivity (Wildman–Crippen MR) is 72.8 cm³/mol. The SMILES string of the molecule is C=CCc1ccc(O)c(OCc2ccccc2)c1. The summed E-state index contributed by atoms with van der Waals surface area (Å²) in [6.45, 7) is 4.15. The quantitative estimate of drug-likeness (QED) is 0.807. The first-order valence-corrected chi connectivity index (χ1v) is 5.89. The number of benzene rings is 2. The number of hydrogen-bond acceptors (Lipinski definition) is 2. The van der Waals surface area contributed by atoms with E-state index < -0.39 is 0 Å². The third kappa shape index (κ3) is 3.14. The fraction of sp³-hybridized carbons (Fsp3) is 0.125. The van der Waals surface area contributed by atoms with Crippen LogP contribution in [0.4, 0.5) is 0 Å². The van der Waals surface area contributed by atoms with Crippen LogP contribution in [0.15, 0.2) is 61.2 Å². The Labute approximate surface area is 107 Å². The zero-order valence-corrected chi connectivity index (χ0v) is 10.2. The van der Waals surface area contributed by atoms with Gasteiger partial charge >= 0.3 is 0 Å². The molecule has 0 heterocycles. The molecule has 0 unspecified atom stereocenters.